The number of amides is 1. The zero-order valence-corrected chi connectivity index (χ0v) is 10.2. The molecule has 0 atom stereocenters. The molecular weight excluding hydrogens is 220 g/mol. The molecule has 0 radical (unpaired) electrons. The zero-order valence-electron chi connectivity index (χ0n) is 10.2. The van der Waals surface area contributed by atoms with Gasteiger partial charge in [0.1, 0.15) is 0 Å². The summed E-state index contributed by atoms with van der Waals surface area (Å²) >= 11 is 0. The monoisotopic (exact) mass is 242 g/mol. The Labute approximate surface area is 102 Å². The molecule has 1 saturated carbocycles. The average Bonchev–Trinajstić information content (AvgIpc) is 3.17. The van der Waals surface area contributed by atoms with Crippen molar-refractivity contribution in [1.82, 2.24) is 4.90 Å². The van der Waals surface area contributed by atoms with Crippen LogP contribution in [0.2, 0.25) is 0 Å². The van der Waals surface area contributed by atoms with E-state index < -0.39 is 0 Å². The number of rotatable bonds is 5. The Morgan fingerprint density at radius 1 is 1.41 bits per heavy atom. The number of aliphatic hydroxyl groups excluding tert-OH is 1. The minimum atomic E-state index is -0.223. The third-order valence-corrected chi connectivity index (χ3v) is 3.87. The maximum Gasteiger partial charge on any atom is 0.230 e. The Hall–Kier alpha value is -0.650. The Morgan fingerprint density at radius 2 is 2.06 bits per heavy atom. The number of carbonyl (C=O) groups excluding carboxylic acids is 1. The van der Waals surface area contributed by atoms with E-state index >= 15 is 0 Å². The molecule has 98 valence electrons. The largest absolute Gasteiger partial charge is 0.394 e. The number of nitrogens with two attached hydrogens (primary N) is 1. The fourth-order valence-corrected chi connectivity index (χ4v) is 2.44. The molecule has 0 unspecified atom stereocenters. The van der Waals surface area contributed by atoms with Crippen LogP contribution in [0.15, 0.2) is 0 Å². The first-order chi connectivity index (χ1) is 8.22. The van der Waals surface area contributed by atoms with Gasteiger partial charge in [0.15, 0.2) is 0 Å². The summed E-state index contributed by atoms with van der Waals surface area (Å²) in [7, 11) is 0. The van der Waals surface area contributed by atoms with Crippen molar-refractivity contribution in [3.8, 4) is 0 Å². The molecule has 5 heteroatoms. The van der Waals surface area contributed by atoms with Crippen molar-refractivity contribution in [3.63, 3.8) is 0 Å². The first-order valence-electron chi connectivity index (χ1n) is 6.44. The van der Waals surface area contributed by atoms with E-state index in [9.17, 15) is 4.79 Å². The first-order valence-corrected chi connectivity index (χ1v) is 6.44. The first kappa shape index (κ1) is 12.8. The van der Waals surface area contributed by atoms with Gasteiger partial charge in [-0.15, -0.1) is 0 Å². The smallest absolute Gasteiger partial charge is 0.230 e. The lowest BCUT2D eigenvalue weighted by molar-refractivity contribution is -0.139. The molecule has 5 nitrogen and oxygen atoms in total. The number of hydrogen-bond donors (Lipinski definition) is 2. The normalized spacial score (nSPS) is 23.8. The van der Waals surface area contributed by atoms with Crippen molar-refractivity contribution in [2.75, 3.05) is 32.8 Å². The second kappa shape index (κ2) is 5.33. The molecule has 2 fully saturated rings. The van der Waals surface area contributed by atoms with Gasteiger partial charge in [0.2, 0.25) is 5.91 Å². The Bertz CT molecular complexity index is 271. The molecule has 0 bridgehead atoms. The molecule has 1 saturated heterocycles. The minimum absolute atomic E-state index is 0.0649. The number of ether oxygens (including phenoxy) is 1. The van der Waals surface area contributed by atoms with E-state index in [4.69, 9.17) is 15.6 Å². The highest BCUT2D eigenvalue weighted by atomic mass is 16.5. The van der Waals surface area contributed by atoms with Crippen molar-refractivity contribution in [2.24, 2.45) is 11.1 Å². The summed E-state index contributed by atoms with van der Waals surface area (Å²) in [5.41, 5.74) is 5.45. The summed E-state index contributed by atoms with van der Waals surface area (Å²) in [6, 6.07) is 0. The fourth-order valence-electron chi connectivity index (χ4n) is 2.44. The van der Waals surface area contributed by atoms with Crippen LogP contribution in [0.4, 0.5) is 0 Å². The molecule has 2 aliphatic rings. The number of piperidine rings is 1. The van der Waals surface area contributed by atoms with Gasteiger partial charge in [-0.2, -0.15) is 0 Å². The van der Waals surface area contributed by atoms with Crippen molar-refractivity contribution < 1.29 is 14.6 Å². The van der Waals surface area contributed by atoms with E-state index in [2.05, 4.69) is 0 Å². The highest BCUT2D eigenvalue weighted by Gasteiger charge is 2.50. The molecule has 0 aromatic rings. The van der Waals surface area contributed by atoms with Gasteiger partial charge in [-0.3, -0.25) is 4.79 Å². The van der Waals surface area contributed by atoms with Gasteiger partial charge in [0.05, 0.1) is 24.7 Å². The van der Waals surface area contributed by atoms with E-state index in [1.54, 1.807) is 0 Å². The quantitative estimate of drug-likeness (QED) is 0.695. The average molecular weight is 242 g/mol. The van der Waals surface area contributed by atoms with Crippen LogP contribution in [0.25, 0.3) is 0 Å². The summed E-state index contributed by atoms with van der Waals surface area (Å²) in [5.74, 6) is 0.237. The van der Waals surface area contributed by atoms with Crippen molar-refractivity contribution in [3.05, 3.63) is 0 Å². The van der Waals surface area contributed by atoms with Crippen LogP contribution in [0, 0.1) is 5.41 Å². The molecule has 0 spiro atoms. The molecular formula is C12H22N2O3. The van der Waals surface area contributed by atoms with Gasteiger partial charge in [0.25, 0.3) is 0 Å². The molecule has 1 aliphatic carbocycles. The number of carbonyl (C=O) groups is 1. The molecule has 3 N–H and O–H groups in total. The zero-order chi connectivity index (χ0) is 12.3. The summed E-state index contributed by atoms with van der Waals surface area (Å²) in [5, 5.41) is 8.68. The van der Waals surface area contributed by atoms with Gasteiger partial charge >= 0.3 is 0 Å². The second-order valence-electron chi connectivity index (χ2n) is 5.07. The van der Waals surface area contributed by atoms with Crippen molar-refractivity contribution in [2.45, 2.75) is 31.8 Å². The highest BCUT2D eigenvalue weighted by molar-refractivity contribution is 5.85. The standard InChI is InChI=1S/C12H22N2O3/c13-9-12(3-4-12)11(16)14-5-1-10(2-6-14)17-8-7-15/h10,15H,1-9,13H2. The van der Waals surface area contributed by atoms with E-state index in [1.807, 2.05) is 4.90 Å². The lowest BCUT2D eigenvalue weighted by atomic mass is 10.0. The molecule has 0 aromatic heterocycles. The molecule has 1 amide bonds. The molecule has 0 aromatic carbocycles. The third-order valence-electron chi connectivity index (χ3n) is 3.87. The lowest BCUT2D eigenvalue weighted by Gasteiger charge is -2.34. The topological polar surface area (TPSA) is 75.8 Å². The van der Waals surface area contributed by atoms with Crippen molar-refractivity contribution in [1.29, 1.82) is 0 Å². The molecule has 2 rings (SSSR count). The van der Waals surface area contributed by atoms with Crippen LogP contribution in [-0.2, 0) is 9.53 Å². The van der Waals surface area contributed by atoms with E-state index in [0.29, 0.717) is 13.2 Å². The van der Waals surface area contributed by atoms with Crippen LogP contribution in [-0.4, -0.2) is 54.9 Å². The third kappa shape index (κ3) is 2.78. The summed E-state index contributed by atoms with van der Waals surface area (Å²) < 4.78 is 5.48. The van der Waals surface area contributed by atoms with Crippen LogP contribution in [0.5, 0.6) is 0 Å². The Morgan fingerprint density at radius 3 is 2.53 bits per heavy atom. The second-order valence-corrected chi connectivity index (χ2v) is 5.07. The van der Waals surface area contributed by atoms with E-state index in [0.717, 1.165) is 38.8 Å². The van der Waals surface area contributed by atoms with Gasteiger partial charge < -0.3 is 20.5 Å². The van der Waals surface area contributed by atoms with Gasteiger partial charge in [-0.25, -0.2) is 0 Å². The van der Waals surface area contributed by atoms with Crippen molar-refractivity contribution >= 4 is 5.91 Å². The maximum absolute atomic E-state index is 12.2. The summed E-state index contributed by atoms with van der Waals surface area (Å²) in [6.07, 6.45) is 3.82. The fraction of sp³-hybridized carbons (Fsp3) is 0.917. The SMILES string of the molecule is NCC1(C(=O)N2CCC(OCCO)CC2)CC1. The lowest BCUT2D eigenvalue weighted by Crippen LogP contribution is -2.46. The van der Waals surface area contributed by atoms with Gasteiger partial charge in [0, 0.05) is 19.6 Å². The molecule has 1 heterocycles. The Kier molecular flexibility index (Phi) is 4.01. The Balaban J connectivity index is 1.77. The van der Waals surface area contributed by atoms with Gasteiger partial charge in [-0.1, -0.05) is 0 Å². The molecule has 17 heavy (non-hydrogen) atoms. The number of aliphatic hydroxyl groups is 1. The predicted octanol–water partition coefficient (Wildman–Crippen LogP) is -0.275. The van der Waals surface area contributed by atoms with E-state index in [-0.39, 0.29) is 24.0 Å². The van der Waals surface area contributed by atoms with Gasteiger partial charge in [-0.05, 0) is 25.7 Å². The van der Waals surface area contributed by atoms with E-state index in [1.165, 1.54) is 0 Å². The predicted molar refractivity (Wildman–Crippen MR) is 63.4 cm³/mol. The minimum Gasteiger partial charge on any atom is -0.394 e. The van der Waals surface area contributed by atoms with Crippen LogP contribution >= 0.6 is 0 Å². The molecule has 1 aliphatic heterocycles. The number of nitrogens with zero attached hydrogens (tertiary/aromatic N) is 1. The number of likely N-dealkylation sites (tertiary alicyclic amines) is 1. The summed E-state index contributed by atoms with van der Waals surface area (Å²) in [4.78, 5) is 14.1. The van der Waals surface area contributed by atoms with Crippen LogP contribution in [0.3, 0.4) is 0 Å². The number of hydrogen-bond acceptors (Lipinski definition) is 4. The maximum atomic E-state index is 12.2. The summed E-state index contributed by atoms with van der Waals surface area (Å²) in [6.45, 7) is 2.46. The van der Waals surface area contributed by atoms with Crippen LogP contribution < -0.4 is 5.73 Å². The van der Waals surface area contributed by atoms with Crippen LogP contribution in [0.1, 0.15) is 25.7 Å². The highest BCUT2D eigenvalue weighted by Crippen LogP contribution is 2.46.